The Labute approximate surface area is 122 Å². The molecular weight excluding hydrogens is 270 g/mol. The SMILES string of the molecule is COc1ccccc1N=Nc1ccccc1COC(N)=O. The van der Waals surface area contributed by atoms with Gasteiger partial charge < -0.3 is 15.2 Å². The highest BCUT2D eigenvalue weighted by Gasteiger charge is 2.04. The van der Waals surface area contributed by atoms with E-state index in [2.05, 4.69) is 10.2 Å². The molecule has 0 aromatic heterocycles. The molecule has 0 aliphatic rings. The third-order valence-electron chi connectivity index (χ3n) is 2.71. The third-order valence-corrected chi connectivity index (χ3v) is 2.71. The molecule has 2 rings (SSSR count). The lowest BCUT2D eigenvalue weighted by atomic mass is 10.2. The van der Waals surface area contributed by atoms with E-state index < -0.39 is 6.09 Å². The van der Waals surface area contributed by atoms with Gasteiger partial charge in [0, 0.05) is 5.56 Å². The number of methoxy groups -OCH3 is 1. The molecule has 108 valence electrons. The Morgan fingerprint density at radius 1 is 1.05 bits per heavy atom. The number of hydrogen-bond donors (Lipinski definition) is 1. The summed E-state index contributed by atoms with van der Waals surface area (Å²) in [7, 11) is 1.57. The molecule has 21 heavy (non-hydrogen) atoms. The molecule has 0 saturated heterocycles. The van der Waals surface area contributed by atoms with Crippen molar-refractivity contribution < 1.29 is 14.3 Å². The topological polar surface area (TPSA) is 86.3 Å². The number of primary amides is 1. The molecule has 0 radical (unpaired) electrons. The van der Waals surface area contributed by atoms with Gasteiger partial charge in [-0.15, -0.1) is 5.11 Å². The largest absolute Gasteiger partial charge is 0.494 e. The Hall–Kier alpha value is -2.89. The van der Waals surface area contributed by atoms with Gasteiger partial charge in [0.15, 0.2) is 0 Å². The van der Waals surface area contributed by atoms with Crippen LogP contribution in [-0.4, -0.2) is 13.2 Å². The Morgan fingerprint density at radius 3 is 2.38 bits per heavy atom. The first-order chi connectivity index (χ1) is 10.2. The van der Waals surface area contributed by atoms with Crippen molar-refractivity contribution in [2.75, 3.05) is 7.11 Å². The summed E-state index contributed by atoms with van der Waals surface area (Å²) in [6.07, 6.45) is -0.827. The number of nitrogens with zero attached hydrogens (tertiary/aromatic N) is 2. The van der Waals surface area contributed by atoms with Crippen molar-refractivity contribution in [3.63, 3.8) is 0 Å². The molecule has 0 fully saturated rings. The van der Waals surface area contributed by atoms with E-state index in [1.165, 1.54) is 0 Å². The van der Waals surface area contributed by atoms with Crippen LogP contribution >= 0.6 is 0 Å². The minimum absolute atomic E-state index is 0.0520. The maximum absolute atomic E-state index is 10.7. The van der Waals surface area contributed by atoms with Crippen LogP contribution in [0.25, 0.3) is 0 Å². The van der Waals surface area contributed by atoms with Crippen LogP contribution in [0.2, 0.25) is 0 Å². The van der Waals surface area contributed by atoms with E-state index in [0.717, 1.165) is 5.56 Å². The Balaban J connectivity index is 2.22. The van der Waals surface area contributed by atoms with Crippen LogP contribution in [0.3, 0.4) is 0 Å². The second-order valence-electron chi connectivity index (χ2n) is 4.11. The first-order valence-corrected chi connectivity index (χ1v) is 6.25. The molecule has 0 spiro atoms. The van der Waals surface area contributed by atoms with Gasteiger partial charge in [0.05, 0.1) is 12.8 Å². The molecule has 2 aromatic carbocycles. The van der Waals surface area contributed by atoms with Crippen molar-refractivity contribution in [2.24, 2.45) is 16.0 Å². The van der Waals surface area contributed by atoms with E-state index in [0.29, 0.717) is 17.1 Å². The molecular formula is C15H15N3O3. The third kappa shape index (κ3) is 4.04. The van der Waals surface area contributed by atoms with Crippen LogP contribution in [0.5, 0.6) is 5.75 Å². The summed E-state index contributed by atoms with van der Waals surface area (Å²) in [6.45, 7) is 0.0520. The van der Waals surface area contributed by atoms with Gasteiger partial charge in [0.1, 0.15) is 18.0 Å². The highest BCUT2D eigenvalue weighted by Crippen LogP contribution is 2.29. The number of rotatable bonds is 5. The van der Waals surface area contributed by atoms with Crippen molar-refractivity contribution in [2.45, 2.75) is 6.61 Å². The lowest BCUT2D eigenvalue weighted by Gasteiger charge is -2.05. The highest BCUT2D eigenvalue weighted by atomic mass is 16.5. The van der Waals surface area contributed by atoms with Crippen LogP contribution in [0.4, 0.5) is 16.2 Å². The van der Waals surface area contributed by atoms with Crippen molar-refractivity contribution >= 4 is 17.5 Å². The van der Waals surface area contributed by atoms with E-state index in [4.69, 9.17) is 15.2 Å². The summed E-state index contributed by atoms with van der Waals surface area (Å²) in [5, 5.41) is 8.34. The van der Waals surface area contributed by atoms with E-state index in [1.54, 1.807) is 31.4 Å². The number of azo groups is 1. The molecule has 0 unspecified atom stereocenters. The minimum Gasteiger partial charge on any atom is -0.494 e. The highest BCUT2D eigenvalue weighted by molar-refractivity contribution is 5.64. The monoisotopic (exact) mass is 285 g/mol. The molecule has 0 bridgehead atoms. The summed E-state index contributed by atoms with van der Waals surface area (Å²) >= 11 is 0. The van der Waals surface area contributed by atoms with Gasteiger partial charge in [0.2, 0.25) is 0 Å². The van der Waals surface area contributed by atoms with Crippen molar-refractivity contribution in [1.29, 1.82) is 0 Å². The van der Waals surface area contributed by atoms with Crippen LogP contribution in [0, 0.1) is 0 Å². The van der Waals surface area contributed by atoms with Gasteiger partial charge in [-0.25, -0.2) is 4.79 Å². The zero-order valence-corrected chi connectivity index (χ0v) is 11.5. The number of benzene rings is 2. The lowest BCUT2D eigenvalue weighted by molar-refractivity contribution is 0.150. The zero-order valence-electron chi connectivity index (χ0n) is 11.5. The number of para-hydroxylation sites is 1. The van der Waals surface area contributed by atoms with Gasteiger partial charge in [-0.05, 0) is 18.2 Å². The first-order valence-electron chi connectivity index (χ1n) is 6.25. The minimum atomic E-state index is -0.827. The second kappa shape index (κ2) is 7.04. The number of carbonyl (C=O) groups excluding carboxylic acids is 1. The molecule has 0 atom stereocenters. The second-order valence-corrected chi connectivity index (χ2v) is 4.11. The molecule has 0 saturated carbocycles. The average molecular weight is 285 g/mol. The fraction of sp³-hybridized carbons (Fsp3) is 0.133. The number of amides is 1. The van der Waals surface area contributed by atoms with E-state index in [1.807, 2.05) is 24.3 Å². The van der Waals surface area contributed by atoms with E-state index in [9.17, 15) is 4.79 Å². The van der Waals surface area contributed by atoms with Gasteiger partial charge in [0.25, 0.3) is 0 Å². The number of hydrogen-bond acceptors (Lipinski definition) is 5. The molecule has 0 aliphatic heterocycles. The maximum Gasteiger partial charge on any atom is 0.404 e. The fourth-order valence-corrected chi connectivity index (χ4v) is 1.70. The number of nitrogens with two attached hydrogens (primary N) is 1. The van der Waals surface area contributed by atoms with Crippen LogP contribution in [-0.2, 0) is 11.3 Å². The maximum atomic E-state index is 10.7. The molecule has 2 N–H and O–H groups in total. The van der Waals surface area contributed by atoms with Gasteiger partial charge in [-0.2, -0.15) is 5.11 Å². The predicted molar refractivity (Wildman–Crippen MR) is 78.0 cm³/mol. The predicted octanol–water partition coefficient (Wildman–Crippen LogP) is 3.71. The van der Waals surface area contributed by atoms with Crippen LogP contribution in [0.1, 0.15) is 5.56 Å². The number of ether oxygens (including phenoxy) is 2. The van der Waals surface area contributed by atoms with Crippen LogP contribution < -0.4 is 10.5 Å². The number of carbonyl (C=O) groups is 1. The summed E-state index contributed by atoms with van der Waals surface area (Å²) in [6, 6.07) is 14.5. The van der Waals surface area contributed by atoms with Gasteiger partial charge in [-0.1, -0.05) is 30.3 Å². The van der Waals surface area contributed by atoms with E-state index >= 15 is 0 Å². The summed E-state index contributed by atoms with van der Waals surface area (Å²) in [4.78, 5) is 10.7. The molecule has 1 amide bonds. The Bertz CT molecular complexity index is 656. The average Bonchev–Trinajstić information content (AvgIpc) is 2.51. The summed E-state index contributed by atoms with van der Waals surface area (Å²) < 4.78 is 9.98. The molecule has 6 heteroatoms. The van der Waals surface area contributed by atoms with Crippen molar-refractivity contribution in [1.82, 2.24) is 0 Å². The first kappa shape index (κ1) is 14.5. The summed E-state index contributed by atoms with van der Waals surface area (Å²) in [5.41, 5.74) is 6.90. The van der Waals surface area contributed by atoms with Gasteiger partial charge >= 0.3 is 6.09 Å². The smallest absolute Gasteiger partial charge is 0.404 e. The molecule has 6 nitrogen and oxygen atoms in total. The Morgan fingerprint density at radius 2 is 1.67 bits per heavy atom. The quantitative estimate of drug-likeness (QED) is 0.849. The fourth-order valence-electron chi connectivity index (χ4n) is 1.70. The van der Waals surface area contributed by atoms with Crippen molar-refractivity contribution in [3.8, 4) is 5.75 Å². The molecule has 2 aromatic rings. The van der Waals surface area contributed by atoms with Gasteiger partial charge in [-0.3, -0.25) is 0 Å². The van der Waals surface area contributed by atoms with Crippen molar-refractivity contribution in [3.05, 3.63) is 54.1 Å². The normalized spacial score (nSPS) is 10.5. The standard InChI is InChI=1S/C15H15N3O3/c1-20-14-9-5-4-8-13(14)18-17-12-7-3-2-6-11(12)10-21-15(16)19/h2-9H,10H2,1H3,(H2,16,19). The van der Waals surface area contributed by atoms with E-state index in [-0.39, 0.29) is 6.61 Å². The Kier molecular flexibility index (Phi) is 4.87. The molecule has 0 aliphatic carbocycles. The molecule has 0 heterocycles. The van der Waals surface area contributed by atoms with Crippen LogP contribution in [0.15, 0.2) is 58.8 Å². The lowest BCUT2D eigenvalue weighted by Crippen LogP contribution is -2.12. The summed E-state index contributed by atoms with van der Waals surface area (Å²) in [5.74, 6) is 0.632. The zero-order chi connectivity index (χ0) is 15.1.